The highest BCUT2D eigenvalue weighted by Crippen LogP contribution is 2.38. The van der Waals surface area contributed by atoms with Crippen LogP contribution in [0.15, 0.2) is 91.0 Å². The number of hydrogen-bond acceptors (Lipinski definition) is 8. The molecule has 2 saturated heterocycles. The number of ether oxygens (including phenoxy) is 3. The third-order valence-corrected chi connectivity index (χ3v) is 9.01. The maximum absolute atomic E-state index is 13.6. The Balaban J connectivity index is 1.38. The Morgan fingerprint density at radius 2 is 1.45 bits per heavy atom. The Bertz CT molecular complexity index is 1640. The Hall–Kier alpha value is -4.68. The van der Waals surface area contributed by atoms with Gasteiger partial charge in [-0.3, -0.25) is 14.6 Å². The molecule has 12 heteroatoms. The van der Waals surface area contributed by atoms with Crippen LogP contribution >= 0.6 is 0 Å². The van der Waals surface area contributed by atoms with Crippen molar-refractivity contribution in [3.05, 3.63) is 113 Å². The van der Waals surface area contributed by atoms with Crippen molar-refractivity contribution in [2.45, 2.75) is 37.6 Å². The van der Waals surface area contributed by atoms with Crippen LogP contribution in [0.4, 0.5) is 13.2 Å². The zero-order chi connectivity index (χ0) is 34.4. The Morgan fingerprint density at radius 3 is 2.04 bits per heavy atom. The predicted octanol–water partition coefficient (Wildman–Crippen LogP) is 5.67. The van der Waals surface area contributed by atoms with Crippen LogP contribution in [-0.4, -0.2) is 102 Å². The highest BCUT2D eigenvalue weighted by molar-refractivity contribution is 5.94. The molecule has 1 aromatic heterocycles. The lowest BCUT2D eigenvalue weighted by Gasteiger charge is -2.53. The minimum absolute atomic E-state index is 0.0245. The first-order valence-corrected chi connectivity index (χ1v) is 16.4. The number of alkyl halides is 3. The van der Waals surface area contributed by atoms with Crippen molar-refractivity contribution in [2.24, 2.45) is 0 Å². The first-order valence-electron chi connectivity index (χ1n) is 16.4. The van der Waals surface area contributed by atoms with Crippen LogP contribution in [0.3, 0.4) is 0 Å². The molecule has 0 spiro atoms. The highest BCUT2D eigenvalue weighted by Gasteiger charge is 2.43. The molecule has 258 valence electrons. The van der Waals surface area contributed by atoms with Gasteiger partial charge in [0.1, 0.15) is 0 Å². The van der Waals surface area contributed by atoms with Crippen LogP contribution in [-0.2, 0) is 6.54 Å². The summed E-state index contributed by atoms with van der Waals surface area (Å²) < 4.78 is 56.3. The number of fused-ring (bicyclic) bond motifs is 1. The van der Waals surface area contributed by atoms with Gasteiger partial charge >= 0.3 is 12.2 Å². The molecule has 3 aromatic carbocycles. The summed E-state index contributed by atoms with van der Waals surface area (Å²) in [4.78, 5) is 28.8. The summed E-state index contributed by atoms with van der Waals surface area (Å²) >= 11 is 0. The van der Waals surface area contributed by atoms with Gasteiger partial charge in [-0.2, -0.15) is 23.1 Å². The van der Waals surface area contributed by atoms with Gasteiger partial charge in [0.2, 0.25) is 11.8 Å². The van der Waals surface area contributed by atoms with Crippen LogP contribution < -0.4 is 14.2 Å². The third-order valence-electron chi connectivity index (χ3n) is 9.01. The second-order valence-corrected chi connectivity index (χ2v) is 12.2. The van der Waals surface area contributed by atoms with Crippen molar-refractivity contribution in [2.75, 3.05) is 53.0 Å². The number of benzene rings is 3. The number of carbonyl (C=O) groups excluding carboxylic acids is 1. The smallest absolute Gasteiger partial charge is 0.422 e. The summed E-state index contributed by atoms with van der Waals surface area (Å²) in [6.45, 7) is 3.44. The van der Waals surface area contributed by atoms with E-state index in [1.54, 1.807) is 6.92 Å². The van der Waals surface area contributed by atoms with E-state index in [0.717, 1.165) is 11.1 Å². The van der Waals surface area contributed by atoms with Crippen molar-refractivity contribution in [3.63, 3.8) is 0 Å². The number of carbonyl (C=O) groups is 1. The van der Waals surface area contributed by atoms with E-state index in [1.807, 2.05) is 71.6 Å². The molecule has 0 radical (unpaired) electrons. The van der Waals surface area contributed by atoms with Crippen molar-refractivity contribution >= 4 is 5.91 Å². The summed E-state index contributed by atoms with van der Waals surface area (Å²) in [5, 5.41) is 0. The van der Waals surface area contributed by atoms with Crippen LogP contribution in [0.2, 0.25) is 0 Å². The molecule has 1 amide bonds. The minimum atomic E-state index is -4.58. The molecular formula is C37H40F3N5O4. The highest BCUT2D eigenvalue weighted by atomic mass is 19.4. The topological polar surface area (TPSA) is 80.3 Å². The van der Waals surface area contributed by atoms with E-state index in [2.05, 4.69) is 44.0 Å². The lowest BCUT2D eigenvalue weighted by Crippen LogP contribution is -2.67. The molecule has 0 bridgehead atoms. The van der Waals surface area contributed by atoms with Crippen molar-refractivity contribution in [1.29, 1.82) is 0 Å². The molecule has 49 heavy (non-hydrogen) atoms. The normalized spacial score (nSPS) is 18.6. The maximum atomic E-state index is 13.6. The fraction of sp³-hybridized carbons (Fsp3) is 0.378. The fourth-order valence-electron chi connectivity index (χ4n) is 6.96. The van der Waals surface area contributed by atoms with Gasteiger partial charge in [0, 0.05) is 62.8 Å². The molecular weight excluding hydrogens is 635 g/mol. The van der Waals surface area contributed by atoms with Gasteiger partial charge in [-0.1, -0.05) is 78.9 Å². The molecule has 3 heterocycles. The maximum Gasteiger partial charge on any atom is 0.422 e. The predicted molar refractivity (Wildman–Crippen MR) is 178 cm³/mol. The summed E-state index contributed by atoms with van der Waals surface area (Å²) in [5.74, 6) is -0.204. The average Bonchev–Trinajstić information content (AvgIpc) is 3.12. The SMILES string of the molecule is CCOc1nc(OC)c(CN2CC(C(c3ccccc3)c3ccccc3)N3CCN(C(=O)c4ccccc4)C[C@H]3C2)c(OCC(F)(F)F)n1. The Labute approximate surface area is 284 Å². The van der Waals surface area contributed by atoms with E-state index >= 15 is 0 Å². The zero-order valence-electron chi connectivity index (χ0n) is 27.6. The number of aromatic nitrogens is 2. The van der Waals surface area contributed by atoms with Crippen molar-refractivity contribution < 1.29 is 32.2 Å². The zero-order valence-corrected chi connectivity index (χ0v) is 27.6. The molecule has 2 atom stereocenters. The van der Waals surface area contributed by atoms with E-state index in [1.165, 1.54) is 7.11 Å². The molecule has 1 unspecified atom stereocenters. The minimum Gasteiger partial charge on any atom is -0.481 e. The van der Waals surface area contributed by atoms with Gasteiger partial charge in [0.15, 0.2) is 6.61 Å². The first-order chi connectivity index (χ1) is 23.7. The number of piperazine rings is 2. The van der Waals surface area contributed by atoms with Crippen LogP contribution in [0.1, 0.15) is 39.9 Å². The Kier molecular flexibility index (Phi) is 10.6. The Morgan fingerprint density at radius 1 is 0.837 bits per heavy atom. The number of hydrogen-bond donors (Lipinski definition) is 0. The van der Waals surface area contributed by atoms with Crippen molar-refractivity contribution in [1.82, 2.24) is 24.7 Å². The lowest BCUT2D eigenvalue weighted by molar-refractivity contribution is -0.154. The van der Waals surface area contributed by atoms with Gasteiger partial charge in [-0.25, -0.2) is 0 Å². The average molecular weight is 676 g/mol. The quantitative estimate of drug-likeness (QED) is 0.201. The van der Waals surface area contributed by atoms with Gasteiger partial charge in [-0.15, -0.1) is 0 Å². The second kappa shape index (κ2) is 15.3. The molecule has 6 rings (SSSR count). The standard InChI is InChI=1S/C37H40F3N5O4/c1-3-48-36-41-33(47-2)30(34(42-36)49-25-37(38,39)40)23-43-21-29-22-44(35(46)28-17-11-6-12-18-28)19-20-45(29)31(24-43)32(26-13-7-4-8-14-26)27-15-9-5-10-16-27/h4-18,29,31-32H,3,19-25H2,1-2H3/t29-,31?/m1/s1. The summed E-state index contributed by atoms with van der Waals surface area (Å²) in [5.41, 5.74) is 3.23. The van der Waals surface area contributed by atoms with Gasteiger partial charge < -0.3 is 19.1 Å². The van der Waals surface area contributed by atoms with E-state index in [4.69, 9.17) is 14.2 Å². The molecule has 0 saturated carbocycles. The van der Waals surface area contributed by atoms with Gasteiger partial charge in [0.25, 0.3) is 5.91 Å². The summed E-state index contributed by atoms with van der Waals surface area (Å²) in [7, 11) is 1.41. The summed E-state index contributed by atoms with van der Waals surface area (Å²) in [6.07, 6.45) is -4.58. The van der Waals surface area contributed by atoms with E-state index in [9.17, 15) is 18.0 Å². The molecule has 2 fully saturated rings. The largest absolute Gasteiger partial charge is 0.481 e. The van der Waals surface area contributed by atoms with Crippen LogP contribution in [0.25, 0.3) is 0 Å². The second-order valence-electron chi connectivity index (χ2n) is 12.2. The number of halogens is 3. The number of amides is 1. The van der Waals surface area contributed by atoms with E-state index < -0.39 is 12.8 Å². The first kappa shape index (κ1) is 34.2. The number of rotatable bonds is 11. The van der Waals surface area contributed by atoms with Gasteiger partial charge in [0.05, 0.1) is 19.3 Å². The molecule has 0 N–H and O–H groups in total. The van der Waals surface area contributed by atoms with Crippen molar-refractivity contribution in [3.8, 4) is 17.8 Å². The van der Waals surface area contributed by atoms with Crippen LogP contribution in [0.5, 0.6) is 17.8 Å². The molecule has 9 nitrogen and oxygen atoms in total. The lowest BCUT2D eigenvalue weighted by atomic mass is 9.81. The van der Waals surface area contributed by atoms with Crippen LogP contribution in [0, 0.1) is 0 Å². The monoisotopic (exact) mass is 675 g/mol. The fourth-order valence-corrected chi connectivity index (χ4v) is 6.96. The van der Waals surface area contributed by atoms with E-state index in [-0.39, 0.29) is 54.8 Å². The third kappa shape index (κ3) is 8.14. The van der Waals surface area contributed by atoms with Gasteiger partial charge in [-0.05, 0) is 30.2 Å². The molecule has 4 aromatic rings. The molecule has 2 aliphatic heterocycles. The summed E-state index contributed by atoms with van der Waals surface area (Å²) in [6, 6.07) is 29.7. The number of methoxy groups -OCH3 is 1. The molecule has 0 aliphatic carbocycles. The number of nitrogens with zero attached hydrogens (tertiary/aromatic N) is 5. The molecule has 2 aliphatic rings. The van der Waals surface area contributed by atoms with E-state index in [0.29, 0.717) is 43.9 Å².